The van der Waals surface area contributed by atoms with Gasteiger partial charge in [0.2, 0.25) is 0 Å². The van der Waals surface area contributed by atoms with E-state index in [1.165, 1.54) is 83.3 Å². The number of ether oxygens (including phenoxy) is 1. The van der Waals surface area contributed by atoms with Crippen LogP contribution in [0.4, 0.5) is 17.1 Å². The molecule has 71 heavy (non-hydrogen) atoms. The van der Waals surface area contributed by atoms with Crippen LogP contribution in [0.2, 0.25) is 0 Å². The molecule has 0 fully saturated rings. The molecule has 0 spiro atoms. The highest BCUT2D eigenvalue weighted by Crippen LogP contribution is 2.54. The van der Waals surface area contributed by atoms with Gasteiger partial charge in [0.25, 0.3) is 6.71 Å². The lowest BCUT2D eigenvalue weighted by Crippen LogP contribution is -2.59. The van der Waals surface area contributed by atoms with Crippen molar-refractivity contribution < 1.29 is 4.74 Å². The SMILES string of the molecule is CC(C)(C)c1cc2c3c(c1)N(c1c(-c4ccccc4)cc(-c4ccccc4)cc1-c1ccccc1)c1ccc(C4=CC=C5C=Cc6cccc7c6C5C4C=C7)cc1B3c1cc(-c3ccccc3)ccc1O2. The molecule has 3 heteroatoms. The van der Waals surface area contributed by atoms with Crippen molar-refractivity contribution >= 4 is 57.9 Å². The summed E-state index contributed by atoms with van der Waals surface area (Å²) in [6.45, 7) is 6.83. The highest BCUT2D eigenvalue weighted by Gasteiger charge is 2.45. The number of fused-ring (bicyclic) bond motifs is 4. The molecular formula is C68H50BNO. The summed E-state index contributed by atoms with van der Waals surface area (Å²) in [6.07, 6.45) is 14.2. The molecule has 5 aliphatic rings. The number of nitrogens with zero attached hydrogens (tertiary/aromatic N) is 1. The molecule has 0 aromatic heterocycles. The van der Waals surface area contributed by atoms with Crippen molar-refractivity contribution in [3.8, 4) is 56.0 Å². The first kappa shape index (κ1) is 41.6. The second-order valence-electron chi connectivity index (χ2n) is 20.8. The third-order valence-corrected chi connectivity index (χ3v) is 15.6. The Kier molecular flexibility index (Phi) is 9.42. The number of hydrogen-bond acceptors (Lipinski definition) is 2. The maximum absolute atomic E-state index is 7.28. The first-order valence-corrected chi connectivity index (χ1v) is 25.1. The lowest BCUT2D eigenvalue weighted by molar-refractivity contribution is 0.483. The minimum atomic E-state index is -0.167. The second-order valence-corrected chi connectivity index (χ2v) is 20.8. The predicted molar refractivity (Wildman–Crippen MR) is 300 cm³/mol. The van der Waals surface area contributed by atoms with Crippen LogP contribution in [0.5, 0.6) is 11.5 Å². The van der Waals surface area contributed by atoms with E-state index < -0.39 is 0 Å². The lowest BCUT2D eigenvalue weighted by Gasteiger charge is -2.43. The number of hydrogen-bond donors (Lipinski definition) is 0. The fourth-order valence-electron chi connectivity index (χ4n) is 12.2. The molecule has 9 aromatic carbocycles. The summed E-state index contributed by atoms with van der Waals surface area (Å²) in [4.78, 5) is 2.61. The van der Waals surface area contributed by atoms with E-state index in [4.69, 9.17) is 4.74 Å². The van der Waals surface area contributed by atoms with Crippen LogP contribution in [-0.2, 0) is 5.41 Å². The summed E-state index contributed by atoms with van der Waals surface area (Å²) in [7, 11) is 0. The highest BCUT2D eigenvalue weighted by atomic mass is 16.5. The fraction of sp³-hybridized carbons (Fsp3) is 0.0882. The second kappa shape index (κ2) is 16.1. The smallest absolute Gasteiger partial charge is 0.256 e. The Morgan fingerprint density at radius 1 is 0.465 bits per heavy atom. The first-order valence-electron chi connectivity index (χ1n) is 25.1. The molecule has 0 saturated heterocycles. The Bertz CT molecular complexity index is 3700. The maximum atomic E-state index is 7.28. The van der Waals surface area contributed by atoms with Crippen molar-refractivity contribution in [3.05, 3.63) is 258 Å². The predicted octanol–water partition coefficient (Wildman–Crippen LogP) is 15.8. The summed E-state index contributed by atoms with van der Waals surface area (Å²) in [5.41, 5.74) is 25.6. The molecule has 2 unspecified atom stereocenters. The maximum Gasteiger partial charge on any atom is 0.256 e. The molecule has 14 rings (SSSR count). The summed E-state index contributed by atoms with van der Waals surface area (Å²) >= 11 is 0. The van der Waals surface area contributed by atoms with E-state index in [-0.39, 0.29) is 24.0 Å². The Morgan fingerprint density at radius 2 is 1.07 bits per heavy atom. The molecule has 9 aromatic rings. The summed E-state index contributed by atoms with van der Waals surface area (Å²) < 4.78 is 7.28. The number of allylic oxidation sites excluding steroid dienone is 6. The molecule has 0 radical (unpaired) electrons. The molecule has 0 amide bonds. The average molecular weight is 908 g/mol. The van der Waals surface area contributed by atoms with E-state index in [9.17, 15) is 0 Å². The molecule has 336 valence electrons. The zero-order valence-electron chi connectivity index (χ0n) is 40.1. The van der Waals surface area contributed by atoms with Crippen molar-refractivity contribution in [2.24, 2.45) is 5.92 Å². The van der Waals surface area contributed by atoms with E-state index >= 15 is 0 Å². The van der Waals surface area contributed by atoms with Crippen LogP contribution < -0.4 is 26.0 Å². The topological polar surface area (TPSA) is 12.5 Å². The van der Waals surface area contributed by atoms with Crippen molar-refractivity contribution in [2.45, 2.75) is 32.1 Å². The van der Waals surface area contributed by atoms with Gasteiger partial charge in [0.05, 0.1) is 5.69 Å². The summed E-state index contributed by atoms with van der Waals surface area (Å²) in [5, 5.41) is 0. The number of rotatable bonds is 6. The molecule has 2 nitrogen and oxygen atoms in total. The molecule has 3 aliphatic carbocycles. The van der Waals surface area contributed by atoms with Gasteiger partial charge in [-0.25, -0.2) is 0 Å². The Morgan fingerprint density at radius 3 is 1.73 bits per heavy atom. The van der Waals surface area contributed by atoms with E-state index in [2.05, 4.69) is 262 Å². The summed E-state index contributed by atoms with van der Waals surface area (Å²) in [5.74, 6) is 2.30. The lowest BCUT2D eigenvalue weighted by atomic mass is 9.34. The van der Waals surface area contributed by atoms with E-state index in [0.29, 0.717) is 0 Å². The van der Waals surface area contributed by atoms with Gasteiger partial charge in [-0.15, -0.1) is 0 Å². The first-order chi connectivity index (χ1) is 34.8. The van der Waals surface area contributed by atoms with Crippen molar-refractivity contribution in [1.29, 1.82) is 0 Å². The van der Waals surface area contributed by atoms with Crippen LogP contribution in [0.15, 0.2) is 230 Å². The quantitative estimate of drug-likeness (QED) is 0.154. The van der Waals surface area contributed by atoms with Gasteiger partial charge in [-0.1, -0.05) is 221 Å². The Labute approximate surface area is 417 Å². The largest absolute Gasteiger partial charge is 0.458 e. The monoisotopic (exact) mass is 907 g/mol. The Hall–Kier alpha value is -8.40. The van der Waals surface area contributed by atoms with Gasteiger partial charge in [-0.2, -0.15) is 0 Å². The highest BCUT2D eigenvalue weighted by molar-refractivity contribution is 6.99. The van der Waals surface area contributed by atoms with Crippen molar-refractivity contribution in [3.63, 3.8) is 0 Å². The molecule has 2 atom stereocenters. The molecule has 0 N–H and O–H groups in total. The third kappa shape index (κ3) is 6.71. The standard InChI is InChI=1S/C68H50BNO/c1-68(2,3)53-41-61-66-63(42-53)71-62-36-32-50(43-17-8-4-9-18-43)39-59(62)69(66)58-40-51(54-33-29-49-28-27-47-25-16-26-48-30-34-55(54)65(49)64(47)48)31-35-60(58)70(61)67-56(45-21-12-6-13-22-45)37-52(44-19-10-5-11-20-44)38-57(67)46-23-14-7-15-24-46/h4-42,55,65H,1-3H3. The third-order valence-electron chi connectivity index (χ3n) is 15.6. The van der Waals surface area contributed by atoms with Gasteiger partial charge in [-0.3, -0.25) is 0 Å². The van der Waals surface area contributed by atoms with Crippen LogP contribution >= 0.6 is 0 Å². The van der Waals surface area contributed by atoms with E-state index in [0.717, 1.165) is 45.1 Å². The number of anilines is 3. The van der Waals surface area contributed by atoms with Crippen LogP contribution in [-0.4, -0.2) is 6.71 Å². The van der Waals surface area contributed by atoms with Crippen LogP contribution in [0.3, 0.4) is 0 Å². The normalized spacial score (nSPS) is 16.5. The van der Waals surface area contributed by atoms with E-state index in [1.807, 2.05) is 0 Å². The van der Waals surface area contributed by atoms with Gasteiger partial charge in [0.15, 0.2) is 0 Å². The molecule has 2 heterocycles. The van der Waals surface area contributed by atoms with Gasteiger partial charge < -0.3 is 9.64 Å². The van der Waals surface area contributed by atoms with Gasteiger partial charge in [0.1, 0.15) is 11.5 Å². The fourth-order valence-corrected chi connectivity index (χ4v) is 12.2. The Balaban J connectivity index is 1.08. The van der Waals surface area contributed by atoms with Crippen LogP contribution in [0.25, 0.3) is 62.2 Å². The molecule has 2 aliphatic heterocycles. The minimum absolute atomic E-state index is 0.112. The summed E-state index contributed by atoms with van der Waals surface area (Å²) in [6, 6.07) is 74.2. The average Bonchev–Trinajstić information content (AvgIpc) is 3.43. The zero-order valence-corrected chi connectivity index (χ0v) is 40.1. The van der Waals surface area contributed by atoms with Crippen LogP contribution in [0.1, 0.15) is 54.5 Å². The number of benzene rings is 9. The minimum Gasteiger partial charge on any atom is -0.458 e. The van der Waals surface area contributed by atoms with E-state index in [1.54, 1.807) is 0 Å². The zero-order chi connectivity index (χ0) is 47.4. The van der Waals surface area contributed by atoms with Crippen molar-refractivity contribution in [2.75, 3.05) is 4.90 Å². The molecular weight excluding hydrogens is 858 g/mol. The van der Waals surface area contributed by atoms with Gasteiger partial charge >= 0.3 is 0 Å². The van der Waals surface area contributed by atoms with Crippen molar-refractivity contribution in [1.82, 2.24) is 0 Å². The van der Waals surface area contributed by atoms with Gasteiger partial charge in [0, 0.05) is 34.3 Å². The van der Waals surface area contributed by atoms with Crippen LogP contribution in [0, 0.1) is 5.92 Å². The molecule has 0 saturated carbocycles. The van der Waals surface area contributed by atoms with Gasteiger partial charge in [-0.05, 0) is 131 Å². The molecule has 0 bridgehead atoms.